The molecule has 4 aliphatic heterocycles. The predicted molar refractivity (Wildman–Crippen MR) is 452 cm³/mol. The molecule has 0 bridgehead atoms. The topological polar surface area (TPSA) is 0 Å². The first-order valence-electron chi connectivity index (χ1n) is 35.9. The molecule has 510 valence electrons. The van der Waals surface area contributed by atoms with Gasteiger partial charge in [-0.3, -0.25) is 0 Å². The van der Waals surface area contributed by atoms with Crippen LogP contribution in [0.15, 0.2) is 0 Å². The summed E-state index contributed by atoms with van der Waals surface area (Å²) in [4.78, 5) is 0. The van der Waals surface area contributed by atoms with E-state index in [0.717, 1.165) is 101 Å². The molecule has 0 aromatic rings. The first kappa shape index (κ1) is 77.3. The van der Waals surface area contributed by atoms with Gasteiger partial charge in [-0.1, -0.05) is 0 Å². The van der Waals surface area contributed by atoms with Crippen LogP contribution in [-0.4, -0.2) is 214 Å². The van der Waals surface area contributed by atoms with Crippen LogP contribution in [-0.2, 0) is 0 Å². The Morgan fingerprint density at radius 2 is 0.409 bits per heavy atom. The van der Waals surface area contributed by atoms with Crippen molar-refractivity contribution in [1.29, 1.82) is 0 Å². The Balaban J connectivity index is 0.000000131. The van der Waals surface area contributed by atoms with Crippen LogP contribution >= 0.6 is 223 Å². The summed E-state index contributed by atoms with van der Waals surface area (Å²) in [5.41, 5.74) is 0. The van der Waals surface area contributed by atoms with Crippen LogP contribution in [0.4, 0.5) is 0 Å². The number of hydrogen-bond donors (Lipinski definition) is 0. The zero-order valence-electron chi connectivity index (χ0n) is 54.2. The van der Waals surface area contributed by atoms with Gasteiger partial charge in [-0.2, -0.15) is 223 Å². The second-order valence-corrected chi connectivity index (χ2v) is 51.5. The highest BCUT2D eigenvalue weighted by molar-refractivity contribution is 8.11. The zero-order valence-corrected chi connectivity index (χ0v) is 69.7. The molecule has 0 amide bonds. The molecule has 0 aromatic heterocycles. The molecule has 9 atom stereocenters. The molecule has 19 heteroatoms. The van der Waals surface area contributed by atoms with E-state index in [-0.39, 0.29) is 0 Å². The smallest absolute Gasteiger partial charge is 0.0260 e. The van der Waals surface area contributed by atoms with Gasteiger partial charge in [0.2, 0.25) is 0 Å². The minimum absolute atomic E-state index is 0.920. The van der Waals surface area contributed by atoms with Crippen LogP contribution in [0.2, 0.25) is 0 Å². The van der Waals surface area contributed by atoms with Crippen LogP contribution in [0.5, 0.6) is 0 Å². The summed E-state index contributed by atoms with van der Waals surface area (Å²) in [6.07, 6.45) is 33.1. The molecule has 13 rings (SSSR count). The van der Waals surface area contributed by atoms with Gasteiger partial charge >= 0.3 is 0 Å². The molecule has 0 radical (unpaired) electrons. The normalized spacial score (nSPS) is 30.6. The van der Waals surface area contributed by atoms with Crippen molar-refractivity contribution >= 4 is 223 Å². The van der Waals surface area contributed by atoms with Gasteiger partial charge in [-0.05, 0) is 269 Å². The summed E-state index contributed by atoms with van der Waals surface area (Å²) in [5.74, 6) is 51.0. The molecule has 4 saturated heterocycles. The number of hydrogen-bond acceptors (Lipinski definition) is 19. The quantitative estimate of drug-likeness (QED) is 0.0531. The third-order valence-electron chi connectivity index (χ3n) is 18.4. The van der Waals surface area contributed by atoms with Gasteiger partial charge in [0, 0.05) is 139 Å². The Bertz CT molecular complexity index is 1640. The fourth-order valence-corrected chi connectivity index (χ4v) is 39.7. The third-order valence-corrected chi connectivity index (χ3v) is 46.9. The summed E-state index contributed by atoms with van der Waals surface area (Å²) in [6.45, 7) is 0. The molecule has 88 heavy (non-hydrogen) atoms. The van der Waals surface area contributed by atoms with Crippen molar-refractivity contribution in [2.24, 2.45) is 53.3 Å². The second kappa shape index (κ2) is 47.1. The maximum absolute atomic E-state index is 2.40. The molecule has 9 aliphatic carbocycles. The lowest BCUT2D eigenvalue weighted by molar-refractivity contribution is 0.789. The molecule has 9 saturated carbocycles. The van der Waals surface area contributed by atoms with E-state index in [9.17, 15) is 0 Å². The van der Waals surface area contributed by atoms with Crippen LogP contribution in [0.1, 0.15) is 141 Å². The molecule has 9 unspecified atom stereocenters. The lowest BCUT2D eigenvalue weighted by atomic mass is 10.2. The molecule has 0 aromatic carbocycles. The number of rotatable bonds is 46. The van der Waals surface area contributed by atoms with Crippen molar-refractivity contribution in [1.82, 2.24) is 0 Å². The monoisotopic (exact) mass is 1560 g/mol. The molecular formula is C69H120S19. The largest absolute Gasteiger partial charge is 0.162 e. The summed E-state index contributed by atoms with van der Waals surface area (Å²) in [5, 5.41) is 8.46. The average molecular weight is 1560 g/mol. The van der Waals surface area contributed by atoms with Crippen LogP contribution < -0.4 is 0 Å². The minimum atomic E-state index is 0.920. The highest BCUT2D eigenvalue weighted by Crippen LogP contribution is 2.45. The van der Waals surface area contributed by atoms with Gasteiger partial charge in [-0.25, -0.2) is 0 Å². The average Bonchev–Trinajstić information content (AvgIpc) is 4.47. The van der Waals surface area contributed by atoms with E-state index in [2.05, 4.69) is 223 Å². The maximum Gasteiger partial charge on any atom is 0.0260 e. The van der Waals surface area contributed by atoms with E-state index in [1.54, 1.807) is 0 Å². The highest BCUT2D eigenvalue weighted by atomic mass is 32.2. The van der Waals surface area contributed by atoms with Crippen LogP contribution in [0.3, 0.4) is 0 Å². The van der Waals surface area contributed by atoms with Gasteiger partial charge in [0.15, 0.2) is 0 Å². The molecular weight excluding hydrogens is 1440 g/mol. The molecule has 4 heterocycles. The lowest BCUT2D eigenvalue weighted by Gasteiger charge is -2.35. The van der Waals surface area contributed by atoms with E-state index < -0.39 is 0 Å². The van der Waals surface area contributed by atoms with E-state index in [0.29, 0.717) is 0 Å². The van der Waals surface area contributed by atoms with Gasteiger partial charge in [0.25, 0.3) is 0 Å². The second-order valence-electron chi connectivity index (χ2n) is 28.3. The summed E-state index contributed by atoms with van der Waals surface area (Å²) >= 11 is 42.8. The first-order chi connectivity index (χ1) is 43.6. The Labute approximate surface area is 624 Å². The van der Waals surface area contributed by atoms with Crippen molar-refractivity contribution in [2.75, 3.05) is 167 Å². The molecule has 13 fully saturated rings. The van der Waals surface area contributed by atoms with E-state index in [1.807, 2.05) is 0 Å². The Morgan fingerprint density at radius 1 is 0.182 bits per heavy atom. The fourth-order valence-electron chi connectivity index (χ4n) is 10.4. The Morgan fingerprint density at radius 3 is 0.716 bits per heavy atom. The summed E-state index contributed by atoms with van der Waals surface area (Å²) < 4.78 is 0. The first-order valence-corrected chi connectivity index (χ1v) is 56.9. The minimum Gasteiger partial charge on any atom is -0.162 e. The molecule has 13 aliphatic rings. The summed E-state index contributed by atoms with van der Waals surface area (Å²) in [6, 6.07) is 0. The zero-order chi connectivity index (χ0) is 59.9. The van der Waals surface area contributed by atoms with Gasteiger partial charge in [0.1, 0.15) is 0 Å². The lowest BCUT2D eigenvalue weighted by Crippen LogP contribution is -2.33. The van der Waals surface area contributed by atoms with Crippen LogP contribution in [0.25, 0.3) is 0 Å². The van der Waals surface area contributed by atoms with E-state index in [1.165, 1.54) is 308 Å². The summed E-state index contributed by atoms with van der Waals surface area (Å²) in [7, 11) is 0. The SMILES string of the molecule is C(CC1CSC(CCSCC2CC2)C(CSCC2CC2)S1)SCC1CC1.C(CC1CSC(CCSCC2CC2)CS1)SCC1CC1.C(CSCC1CSC(CSCCSCC2CC2)CS1)SCC1CC1.C1CC1CSCC1CSC(CSCC2CC2)CS1. The van der Waals surface area contributed by atoms with Crippen molar-refractivity contribution in [3.63, 3.8) is 0 Å². The van der Waals surface area contributed by atoms with Crippen molar-refractivity contribution in [3.05, 3.63) is 0 Å². The molecule has 0 N–H and O–H groups in total. The van der Waals surface area contributed by atoms with Crippen molar-refractivity contribution < 1.29 is 0 Å². The maximum atomic E-state index is 2.40. The highest BCUT2D eigenvalue weighted by Gasteiger charge is 2.34. The Kier molecular flexibility index (Phi) is 41.4. The predicted octanol–water partition coefficient (Wildman–Crippen LogP) is 22.5. The van der Waals surface area contributed by atoms with E-state index >= 15 is 0 Å². The molecule has 0 nitrogen and oxygen atoms in total. The third kappa shape index (κ3) is 39.3. The van der Waals surface area contributed by atoms with Gasteiger partial charge in [0.05, 0.1) is 0 Å². The van der Waals surface area contributed by atoms with Gasteiger partial charge in [-0.15, -0.1) is 0 Å². The Hall–Kier alpha value is 6.65. The van der Waals surface area contributed by atoms with Gasteiger partial charge < -0.3 is 0 Å². The van der Waals surface area contributed by atoms with E-state index in [4.69, 9.17) is 0 Å². The number of thioether (sulfide) groups is 19. The fraction of sp³-hybridized carbons (Fsp3) is 1.00. The molecule has 0 spiro atoms. The standard InChI is InChI=1S/C21H36S5.C18H32S6.C16H28S4.C14H24S4/c1-2-16(1)11-22-9-7-19-14-25-20(8-10-23-12-17-3-4-17)21(26-19)15-24-13-18-5-6-18;1-2-15(1)9-19-5-7-21-11-17-13-24-18(14-23-17)12-22-8-6-20-10-16-3-4-16;1-2-13(1)9-17-7-5-15-11-20-16(12-19-15)6-8-18-10-14-3-4-14;1-2-11(1)5-15-7-13-9-18-14(10-17-13)8-16-6-12-3-4-12/h16-21H,1-15H2;15-18H,1-14H2;13-16H,1-12H2;11-14H,1-10H2. The van der Waals surface area contributed by atoms with Crippen LogP contribution in [0, 0.1) is 53.3 Å². The van der Waals surface area contributed by atoms with Crippen molar-refractivity contribution in [2.45, 2.75) is 189 Å². The van der Waals surface area contributed by atoms with Crippen molar-refractivity contribution in [3.8, 4) is 0 Å².